The van der Waals surface area contributed by atoms with Gasteiger partial charge in [-0.1, -0.05) is 29.3 Å². The highest BCUT2D eigenvalue weighted by molar-refractivity contribution is 6.39. The van der Waals surface area contributed by atoms with E-state index in [4.69, 9.17) is 11.6 Å². The van der Waals surface area contributed by atoms with Gasteiger partial charge in [0, 0.05) is 33.3 Å². The molecule has 1 aromatic heterocycles. The predicted octanol–water partition coefficient (Wildman–Crippen LogP) is 4.76. The summed E-state index contributed by atoms with van der Waals surface area (Å²) in [6.45, 7) is 9.95. The minimum absolute atomic E-state index is 0.519. The number of hydrogen-bond donors (Lipinski definition) is 2. The molecule has 3 aromatic rings. The van der Waals surface area contributed by atoms with Gasteiger partial charge in [0.2, 0.25) is 0 Å². The zero-order chi connectivity index (χ0) is 22.7. The third kappa shape index (κ3) is 5.03. The van der Waals surface area contributed by atoms with E-state index in [9.17, 15) is 9.59 Å². The van der Waals surface area contributed by atoms with E-state index in [1.54, 1.807) is 31.3 Å². The summed E-state index contributed by atoms with van der Waals surface area (Å²) in [5.74, 6) is -1.66. The molecular weight excluding hydrogens is 412 g/mol. The van der Waals surface area contributed by atoms with E-state index < -0.39 is 11.8 Å². The van der Waals surface area contributed by atoms with Crippen LogP contribution in [0.4, 0.5) is 5.69 Å². The summed E-state index contributed by atoms with van der Waals surface area (Å²) in [6, 6.07) is 13.3. The first kappa shape index (κ1) is 22.3. The van der Waals surface area contributed by atoms with Crippen LogP contribution in [0, 0.1) is 34.6 Å². The number of benzene rings is 2. The van der Waals surface area contributed by atoms with E-state index in [2.05, 4.69) is 52.5 Å². The van der Waals surface area contributed by atoms with Gasteiger partial charge < -0.3 is 9.88 Å². The zero-order valence-electron chi connectivity index (χ0n) is 18.2. The molecular formula is C24H25ClN4O2. The number of rotatable bonds is 4. The summed E-state index contributed by atoms with van der Waals surface area (Å²) in [6.07, 6.45) is 1.54. The van der Waals surface area contributed by atoms with Crippen LogP contribution in [0.25, 0.3) is 5.69 Å². The van der Waals surface area contributed by atoms with Gasteiger partial charge in [0.25, 0.3) is 0 Å². The lowest BCUT2D eigenvalue weighted by molar-refractivity contribution is -0.136. The Labute approximate surface area is 186 Å². The first-order valence-corrected chi connectivity index (χ1v) is 10.2. The van der Waals surface area contributed by atoms with Crippen LogP contribution in [0.15, 0.2) is 47.6 Å². The number of amides is 2. The Morgan fingerprint density at radius 2 is 1.68 bits per heavy atom. The number of halogens is 1. The maximum absolute atomic E-state index is 12.1. The molecule has 160 valence electrons. The van der Waals surface area contributed by atoms with Crippen molar-refractivity contribution in [2.24, 2.45) is 5.10 Å². The van der Waals surface area contributed by atoms with Crippen molar-refractivity contribution in [3.05, 3.63) is 81.1 Å². The van der Waals surface area contributed by atoms with Gasteiger partial charge in [0.05, 0.1) is 6.21 Å². The second kappa shape index (κ2) is 9.18. The topological polar surface area (TPSA) is 75.5 Å². The van der Waals surface area contributed by atoms with Crippen molar-refractivity contribution in [2.75, 3.05) is 5.32 Å². The van der Waals surface area contributed by atoms with Gasteiger partial charge in [-0.15, -0.1) is 0 Å². The highest BCUT2D eigenvalue weighted by Crippen LogP contribution is 2.23. The molecule has 0 aliphatic rings. The lowest BCUT2D eigenvalue weighted by Gasteiger charge is -2.13. The van der Waals surface area contributed by atoms with Gasteiger partial charge in [-0.25, -0.2) is 5.43 Å². The molecule has 0 saturated carbocycles. The molecule has 0 aliphatic carbocycles. The molecule has 2 aromatic carbocycles. The van der Waals surface area contributed by atoms with Crippen LogP contribution in [0.3, 0.4) is 0 Å². The van der Waals surface area contributed by atoms with E-state index in [0.29, 0.717) is 10.7 Å². The standard InChI is InChI=1S/C24H25ClN4O2/c1-14-6-9-22(16(3)10-14)29-17(4)12-19(18(29)5)13-26-28-24(31)23(30)27-21-8-7-20(25)11-15(21)2/h6-13H,1-5H3,(H,27,30)(H,28,31)/b26-13-. The molecule has 0 bridgehead atoms. The van der Waals surface area contributed by atoms with Crippen molar-refractivity contribution in [1.82, 2.24) is 9.99 Å². The van der Waals surface area contributed by atoms with Crippen LogP contribution >= 0.6 is 11.6 Å². The number of nitrogens with one attached hydrogen (secondary N) is 2. The molecule has 0 aliphatic heterocycles. The van der Waals surface area contributed by atoms with Gasteiger partial charge in [0.1, 0.15) is 0 Å². The maximum Gasteiger partial charge on any atom is 0.329 e. The molecule has 0 saturated heterocycles. The van der Waals surface area contributed by atoms with Gasteiger partial charge in [-0.2, -0.15) is 5.10 Å². The Balaban J connectivity index is 1.71. The van der Waals surface area contributed by atoms with Crippen LogP contribution < -0.4 is 10.7 Å². The first-order valence-electron chi connectivity index (χ1n) is 9.84. The minimum Gasteiger partial charge on any atom is -0.318 e. The average molecular weight is 437 g/mol. The van der Waals surface area contributed by atoms with Crippen molar-refractivity contribution in [2.45, 2.75) is 34.6 Å². The maximum atomic E-state index is 12.1. The fourth-order valence-corrected chi connectivity index (χ4v) is 3.73. The van der Waals surface area contributed by atoms with Gasteiger partial charge in [-0.3, -0.25) is 9.59 Å². The summed E-state index contributed by atoms with van der Waals surface area (Å²) >= 11 is 5.91. The van der Waals surface area contributed by atoms with Crippen LogP contribution in [-0.4, -0.2) is 22.6 Å². The summed E-state index contributed by atoms with van der Waals surface area (Å²) in [7, 11) is 0. The average Bonchev–Trinajstić information content (AvgIpc) is 2.97. The zero-order valence-corrected chi connectivity index (χ0v) is 19.0. The Bertz CT molecular complexity index is 1190. The number of hydrogen-bond acceptors (Lipinski definition) is 3. The third-order valence-corrected chi connectivity index (χ3v) is 5.31. The van der Waals surface area contributed by atoms with E-state index >= 15 is 0 Å². The molecule has 0 unspecified atom stereocenters. The molecule has 6 nitrogen and oxygen atoms in total. The monoisotopic (exact) mass is 436 g/mol. The number of aryl methyl sites for hydroxylation is 4. The van der Waals surface area contributed by atoms with Crippen LogP contribution in [0.2, 0.25) is 5.02 Å². The number of carbonyl (C=O) groups is 2. The number of carbonyl (C=O) groups excluding carboxylic acids is 2. The van der Waals surface area contributed by atoms with Crippen LogP contribution in [0.5, 0.6) is 0 Å². The minimum atomic E-state index is -0.853. The highest BCUT2D eigenvalue weighted by Gasteiger charge is 2.15. The van der Waals surface area contributed by atoms with Crippen molar-refractivity contribution in [3.8, 4) is 5.69 Å². The fourth-order valence-electron chi connectivity index (χ4n) is 3.50. The highest BCUT2D eigenvalue weighted by atomic mass is 35.5. The molecule has 0 atom stereocenters. The Hall–Kier alpha value is -3.38. The smallest absolute Gasteiger partial charge is 0.318 e. The van der Waals surface area contributed by atoms with Crippen LogP contribution in [0.1, 0.15) is 33.6 Å². The SMILES string of the molecule is Cc1ccc(-n2c(C)cc(/C=N\NC(=O)C(=O)Nc3ccc(Cl)cc3C)c2C)c(C)c1. The van der Waals surface area contributed by atoms with Gasteiger partial charge >= 0.3 is 11.8 Å². The second-order valence-electron chi connectivity index (χ2n) is 7.56. The normalized spacial score (nSPS) is 11.0. The molecule has 1 heterocycles. The summed E-state index contributed by atoms with van der Waals surface area (Å²) in [5.41, 5.74) is 9.93. The van der Waals surface area contributed by atoms with Crippen molar-refractivity contribution in [3.63, 3.8) is 0 Å². The van der Waals surface area contributed by atoms with Gasteiger partial charge in [0.15, 0.2) is 0 Å². The molecule has 7 heteroatoms. The van der Waals surface area contributed by atoms with Gasteiger partial charge in [-0.05, 0) is 76.1 Å². The molecule has 0 fully saturated rings. The van der Waals surface area contributed by atoms with E-state index in [-0.39, 0.29) is 0 Å². The van der Waals surface area contributed by atoms with Crippen molar-refractivity contribution >= 4 is 35.3 Å². The predicted molar refractivity (Wildman–Crippen MR) is 125 cm³/mol. The number of hydrazone groups is 1. The van der Waals surface area contributed by atoms with Crippen molar-refractivity contribution < 1.29 is 9.59 Å². The number of nitrogens with zero attached hydrogens (tertiary/aromatic N) is 2. The van der Waals surface area contributed by atoms with E-state index in [1.807, 2.05) is 19.9 Å². The largest absolute Gasteiger partial charge is 0.329 e. The lowest BCUT2D eigenvalue weighted by Crippen LogP contribution is -2.32. The van der Waals surface area contributed by atoms with E-state index in [0.717, 1.165) is 28.2 Å². The molecule has 2 N–H and O–H groups in total. The number of anilines is 1. The molecule has 3 rings (SSSR count). The molecule has 31 heavy (non-hydrogen) atoms. The quantitative estimate of drug-likeness (QED) is 0.351. The molecule has 0 radical (unpaired) electrons. The molecule has 2 amide bonds. The number of aromatic nitrogens is 1. The Morgan fingerprint density at radius 3 is 2.35 bits per heavy atom. The fraction of sp³-hybridized carbons (Fsp3) is 0.208. The van der Waals surface area contributed by atoms with Crippen molar-refractivity contribution in [1.29, 1.82) is 0 Å². The summed E-state index contributed by atoms with van der Waals surface area (Å²) < 4.78 is 2.15. The Kier molecular flexibility index (Phi) is 6.61. The lowest BCUT2D eigenvalue weighted by atomic mass is 10.1. The van der Waals surface area contributed by atoms with E-state index in [1.165, 1.54) is 11.1 Å². The second-order valence-corrected chi connectivity index (χ2v) is 8.00. The molecule has 0 spiro atoms. The third-order valence-electron chi connectivity index (χ3n) is 5.08. The summed E-state index contributed by atoms with van der Waals surface area (Å²) in [4.78, 5) is 24.2. The Morgan fingerprint density at radius 1 is 0.935 bits per heavy atom. The van der Waals surface area contributed by atoms with Crippen LogP contribution in [-0.2, 0) is 9.59 Å². The summed E-state index contributed by atoms with van der Waals surface area (Å²) in [5, 5.41) is 7.08. The first-order chi connectivity index (χ1) is 14.7.